The minimum Gasteiger partial charge on any atom is -0.293 e. The van der Waals surface area contributed by atoms with Crippen molar-refractivity contribution in [2.45, 2.75) is 40.0 Å². The van der Waals surface area contributed by atoms with Crippen LogP contribution in [0.1, 0.15) is 48.8 Å². The molecule has 0 saturated carbocycles. The molecule has 2 heteroatoms. The van der Waals surface area contributed by atoms with Gasteiger partial charge in [0, 0.05) is 6.42 Å². The predicted molar refractivity (Wildman–Crippen MR) is 62.1 cm³/mol. The van der Waals surface area contributed by atoms with E-state index in [0.717, 1.165) is 17.7 Å². The summed E-state index contributed by atoms with van der Waals surface area (Å²) in [5.41, 5.74) is 1.31. The van der Waals surface area contributed by atoms with E-state index < -0.39 is 0 Å². The van der Waals surface area contributed by atoms with Gasteiger partial charge in [0.15, 0.2) is 5.78 Å². The maximum Gasteiger partial charge on any atom is 0.172 e. The van der Waals surface area contributed by atoms with Gasteiger partial charge in [-0.15, -0.1) is 11.3 Å². The third-order valence-electron chi connectivity index (χ3n) is 2.05. The smallest absolute Gasteiger partial charge is 0.172 e. The Labute approximate surface area is 90.2 Å². The average molecular weight is 210 g/mol. The fourth-order valence-electron chi connectivity index (χ4n) is 1.45. The molecule has 0 amide bonds. The van der Waals surface area contributed by atoms with E-state index in [1.807, 2.05) is 6.92 Å². The van der Waals surface area contributed by atoms with Gasteiger partial charge in [0.05, 0.1) is 4.88 Å². The Bertz CT molecular complexity index is 299. The summed E-state index contributed by atoms with van der Waals surface area (Å²) >= 11 is 1.59. The summed E-state index contributed by atoms with van der Waals surface area (Å²) in [6.45, 7) is 6.44. The highest BCUT2D eigenvalue weighted by atomic mass is 32.1. The molecule has 14 heavy (non-hydrogen) atoms. The maximum atomic E-state index is 11.6. The van der Waals surface area contributed by atoms with Crippen molar-refractivity contribution in [3.8, 4) is 0 Å². The molecule has 0 saturated heterocycles. The quantitative estimate of drug-likeness (QED) is 0.673. The van der Waals surface area contributed by atoms with Gasteiger partial charge < -0.3 is 0 Å². The molecule has 1 heterocycles. The Balaban J connectivity index is 2.63. The summed E-state index contributed by atoms with van der Waals surface area (Å²) in [4.78, 5) is 12.5. The van der Waals surface area contributed by atoms with Crippen LogP contribution in [0.2, 0.25) is 0 Å². The topological polar surface area (TPSA) is 17.1 Å². The Kier molecular flexibility index (Phi) is 4.33. The summed E-state index contributed by atoms with van der Waals surface area (Å²) < 4.78 is 0. The monoisotopic (exact) mass is 210 g/mol. The molecule has 0 aliphatic heterocycles. The molecule has 0 fully saturated rings. The zero-order valence-corrected chi connectivity index (χ0v) is 9.99. The zero-order chi connectivity index (χ0) is 10.6. The standard InChI is InChI=1S/C12H18OS/c1-4-5-11(13)12-7-10(8-14-12)6-9(2)3/h7-9H,4-6H2,1-3H3. The van der Waals surface area contributed by atoms with Crippen LogP contribution in [0.15, 0.2) is 11.4 Å². The number of hydrogen-bond acceptors (Lipinski definition) is 2. The van der Waals surface area contributed by atoms with Gasteiger partial charge in [-0.25, -0.2) is 0 Å². The van der Waals surface area contributed by atoms with Gasteiger partial charge in [0.2, 0.25) is 0 Å². The fourth-order valence-corrected chi connectivity index (χ4v) is 2.35. The lowest BCUT2D eigenvalue weighted by Crippen LogP contribution is -1.95. The van der Waals surface area contributed by atoms with Crippen LogP contribution in [0, 0.1) is 5.92 Å². The predicted octanol–water partition coefficient (Wildman–Crippen LogP) is 3.93. The van der Waals surface area contributed by atoms with Crippen molar-refractivity contribution in [3.63, 3.8) is 0 Å². The first-order valence-electron chi connectivity index (χ1n) is 5.24. The first kappa shape index (κ1) is 11.4. The Morgan fingerprint density at radius 1 is 1.50 bits per heavy atom. The lowest BCUT2D eigenvalue weighted by molar-refractivity contribution is 0.0985. The summed E-state index contributed by atoms with van der Waals surface area (Å²) in [6.07, 6.45) is 2.70. The summed E-state index contributed by atoms with van der Waals surface area (Å²) in [7, 11) is 0. The normalized spacial score (nSPS) is 10.9. The lowest BCUT2D eigenvalue weighted by atomic mass is 10.1. The molecule has 0 bridgehead atoms. The van der Waals surface area contributed by atoms with Crippen LogP contribution in [0.4, 0.5) is 0 Å². The van der Waals surface area contributed by atoms with Crippen LogP contribution >= 0.6 is 11.3 Å². The molecule has 0 aliphatic rings. The molecule has 1 aromatic heterocycles. The number of rotatable bonds is 5. The van der Waals surface area contributed by atoms with Gasteiger partial charge in [0.25, 0.3) is 0 Å². The molecule has 78 valence electrons. The molecule has 1 nitrogen and oxygen atoms in total. The van der Waals surface area contributed by atoms with E-state index in [1.54, 1.807) is 11.3 Å². The first-order valence-corrected chi connectivity index (χ1v) is 6.12. The van der Waals surface area contributed by atoms with Crippen LogP contribution in [-0.2, 0) is 6.42 Å². The molecule has 0 radical (unpaired) electrons. The van der Waals surface area contributed by atoms with Gasteiger partial charge >= 0.3 is 0 Å². The first-order chi connectivity index (χ1) is 6.63. The van der Waals surface area contributed by atoms with Crippen LogP contribution in [0.5, 0.6) is 0 Å². The Morgan fingerprint density at radius 3 is 2.79 bits per heavy atom. The van der Waals surface area contributed by atoms with E-state index in [4.69, 9.17) is 0 Å². The van der Waals surface area contributed by atoms with Gasteiger partial charge in [-0.2, -0.15) is 0 Å². The van der Waals surface area contributed by atoms with Gasteiger partial charge in [-0.3, -0.25) is 4.79 Å². The second-order valence-electron chi connectivity index (χ2n) is 4.09. The van der Waals surface area contributed by atoms with Crippen molar-refractivity contribution < 1.29 is 4.79 Å². The fraction of sp³-hybridized carbons (Fsp3) is 0.583. The average Bonchev–Trinajstić information content (AvgIpc) is 2.52. The number of thiophene rings is 1. The molecule has 0 spiro atoms. The minimum atomic E-state index is 0.299. The highest BCUT2D eigenvalue weighted by molar-refractivity contribution is 7.12. The zero-order valence-electron chi connectivity index (χ0n) is 9.17. The SMILES string of the molecule is CCCC(=O)c1cc(CC(C)C)cs1. The third kappa shape index (κ3) is 3.26. The highest BCUT2D eigenvalue weighted by Gasteiger charge is 2.08. The second kappa shape index (κ2) is 5.30. The molecule has 0 aromatic carbocycles. The van der Waals surface area contributed by atoms with Crippen LogP contribution in [-0.4, -0.2) is 5.78 Å². The van der Waals surface area contributed by atoms with Crippen molar-refractivity contribution in [2.24, 2.45) is 5.92 Å². The third-order valence-corrected chi connectivity index (χ3v) is 3.07. The lowest BCUT2D eigenvalue weighted by Gasteiger charge is -1.99. The van der Waals surface area contributed by atoms with Crippen LogP contribution < -0.4 is 0 Å². The van der Waals surface area contributed by atoms with Crippen molar-refractivity contribution in [1.82, 2.24) is 0 Å². The number of Topliss-reactive ketones (excluding diaryl/α,β-unsaturated/α-hetero) is 1. The van der Waals surface area contributed by atoms with E-state index in [-0.39, 0.29) is 0 Å². The minimum absolute atomic E-state index is 0.299. The van der Waals surface area contributed by atoms with E-state index >= 15 is 0 Å². The molecule has 0 aliphatic carbocycles. The summed E-state index contributed by atoms with van der Waals surface area (Å²) in [5, 5.41) is 2.11. The Morgan fingerprint density at radius 2 is 2.21 bits per heavy atom. The van der Waals surface area contributed by atoms with E-state index in [2.05, 4.69) is 25.3 Å². The van der Waals surface area contributed by atoms with E-state index in [9.17, 15) is 4.79 Å². The highest BCUT2D eigenvalue weighted by Crippen LogP contribution is 2.19. The number of ketones is 1. The molecular formula is C12H18OS. The van der Waals surface area contributed by atoms with Gasteiger partial charge in [0.1, 0.15) is 0 Å². The van der Waals surface area contributed by atoms with Crippen LogP contribution in [0.25, 0.3) is 0 Å². The second-order valence-corrected chi connectivity index (χ2v) is 5.00. The molecule has 1 aromatic rings. The van der Waals surface area contributed by atoms with Crippen molar-refractivity contribution >= 4 is 17.1 Å². The van der Waals surface area contributed by atoms with Gasteiger partial charge in [-0.1, -0.05) is 20.8 Å². The molecule has 0 atom stereocenters. The van der Waals surface area contributed by atoms with E-state index in [1.165, 1.54) is 5.56 Å². The number of carbonyl (C=O) groups is 1. The van der Waals surface area contributed by atoms with Crippen molar-refractivity contribution in [1.29, 1.82) is 0 Å². The molecule has 0 N–H and O–H groups in total. The summed E-state index contributed by atoms with van der Waals surface area (Å²) in [5.74, 6) is 0.964. The molecule has 0 unspecified atom stereocenters. The largest absolute Gasteiger partial charge is 0.293 e. The number of hydrogen-bond donors (Lipinski definition) is 0. The van der Waals surface area contributed by atoms with E-state index in [0.29, 0.717) is 18.1 Å². The number of carbonyl (C=O) groups excluding carboxylic acids is 1. The maximum absolute atomic E-state index is 11.6. The van der Waals surface area contributed by atoms with Gasteiger partial charge in [-0.05, 0) is 35.8 Å². The molecule has 1 rings (SSSR count). The van der Waals surface area contributed by atoms with Crippen molar-refractivity contribution in [2.75, 3.05) is 0 Å². The molecular weight excluding hydrogens is 192 g/mol. The Hall–Kier alpha value is -0.630. The summed E-state index contributed by atoms with van der Waals surface area (Å²) in [6, 6.07) is 2.06. The van der Waals surface area contributed by atoms with Crippen molar-refractivity contribution in [3.05, 3.63) is 21.9 Å². The van der Waals surface area contributed by atoms with Crippen LogP contribution in [0.3, 0.4) is 0 Å².